The molecule has 154 valence electrons. The molecule has 0 spiro atoms. The zero-order chi connectivity index (χ0) is 20.9. The van der Waals surface area contributed by atoms with Gasteiger partial charge in [0, 0.05) is 6.54 Å². The van der Waals surface area contributed by atoms with E-state index in [1.807, 2.05) is 42.3 Å². The summed E-state index contributed by atoms with van der Waals surface area (Å²) in [5.74, 6) is 0.207. The lowest BCUT2D eigenvalue weighted by atomic mass is 9.97. The summed E-state index contributed by atoms with van der Waals surface area (Å²) in [6.07, 6.45) is 2.04. The fourth-order valence-corrected chi connectivity index (χ4v) is 4.41. The van der Waals surface area contributed by atoms with E-state index < -0.39 is 0 Å². The Morgan fingerprint density at radius 2 is 1.50 bits per heavy atom. The van der Waals surface area contributed by atoms with Crippen LogP contribution in [0.1, 0.15) is 28.3 Å². The second-order valence-electron chi connectivity index (χ2n) is 8.13. The minimum atomic E-state index is -0.261. The predicted molar refractivity (Wildman–Crippen MR) is 118 cm³/mol. The van der Waals surface area contributed by atoms with Gasteiger partial charge in [-0.1, -0.05) is 66.7 Å². The fourth-order valence-electron chi connectivity index (χ4n) is 4.41. The highest BCUT2D eigenvalue weighted by atomic mass is 19.1. The molecule has 0 bridgehead atoms. The number of fused-ring (bicyclic) bond motifs is 1. The van der Waals surface area contributed by atoms with Gasteiger partial charge in [-0.15, -0.1) is 0 Å². The van der Waals surface area contributed by atoms with E-state index in [4.69, 9.17) is 0 Å². The number of rotatable bonds is 7. The van der Waals surface area contributed by atoms with E-state index >= 15 is 0 Å². The molecule has 1 atom stereocenters. The summed E-state index contributed by atoms with van der Waals surface area (Å²) in [4.78, 5) is 14.7. The summed E-state index contributed by atoms with van der Waals surface area (Å²) in [5.41, 5.74) is 4.83. The number of carbonyl (C=O) groups is 1. The van der Waals surface area contributed by atoms with Gasteiger partial charge in [0.15, 0.2) is 0 Å². The quantitative estimate of drug-likeness (QED) is 0.636. The van der Waals surface area contributed by atoms with Crippen molar-refractivity contribution >= 4 is 5.91 Å². The Hall–Kier alpha value is -2.98. The summed E-state index contributed by atoms with van der Waals surface area (Å²) in [5, 5.41) is 3.12. The van der Waals surface area contributed by atoms with E-state index in [1.54, 1.807) is 12.1 Å². The van der Waals surface area contributed by atoms with Crippen LogP contribution >= 0.6 is 0 Å². The molecule has 4 heteroatoms. The van der Waals surface area contributed by atoms with E-state index in [9.17, 15) is 9.18 Å². The number of likely N-dealkylation sites (N-methyl/N-ethyl adjacent to an activating group) is 1. The third kappa shape index (κ3) is 4.77. The van der Waals surface area contributed by atoms with Gasteiger partial charge >= 0.3 is 0 Å². The number of amides is 1. The van der Waals surface area contributed by atoms with Crippen LogP contribution in [0.3, 0.4) is 0 Å². The second kappa shape index (κ2) is 9.23. The van der Waals surface area contributed by atoms with E-state index in [1.165, 1.54) is 23.3 Å². The molecular formula is C26H27FN2O. The highest BCUT2D eigenvalue weighted by Crippen LogP contribution is 2.28. The molecule has 0 fully saturated rings. The molecule has 0 aliphatic heterocycles. The SMILES string of the molecule is CN(CC(=O)NCC1Cc2ccccc2C1)C(c1ccccc1)c1ccc(F)cc1. The number of hydrogen-bond donors (Lipinski definition) is 1. The average Bonchev–Trinajstić information content (AvgIpc) is 3.18. The second-order valence-corrected chi connectivity index (χ2v) is 8.13. The number of hydrogen-bond acceptors (Lipinski definition) is 2. The van der Waals surface area contributed by atoms with Gasteiger partial charge in [0.25, 0.3) is 0 Å². The number of nitrogens with zero attached hydrogens (tertiary/aromatic N) is 1. The molecular weight excluding hydrogens is 375 g/mol. The van der Waals surface area contributed by atoms with Crippen LogP contribution in [0.4, 0.5) is 4.39 Å². The summed E-state index contributed by atoms with van der Waals surface area (Å²) < 4.78 is 13.4. The van der Waals surface area contributed by atoms with Crippen molar-refractivity contribution in [1.29, 1.82) is 0 Å². The third-order valence-corrected chi connectivity index (χ3v) is 5.86. The first-order valence-electron chi connectivity index (χ1n) is 10.4. The first-order chi connectivity index (χ1) is 14.6. The summed E-state index contributed by atoms with van der Waals surface area (Å²) >= 11 is 0. The molecule has 0 heterocycles. The van der Waals surface area contributed by atoms with Crippen molar-refractivity contribution in [3.05, 3.63) is 107 Å². The van der Waals surface area contributed by atoms with Gasteiger partial charge in [-0.3, -0.25) is 9.69 Å². The van der Waals surface area contributed by atoms with Crippen LogP contribution < -0.4 is 5.32 Å². The molecule has 0 aromatic heterocycles. The minimum absolute atomic E-state index is 0.0106. The summed E-state index contributed by atoms with van der Waals surface area (Å²) in [6, 6.07) is 24.9. The van der Waals surface area contributed by atoms with Gasteiger partial charge in [0.05, 0.1) is 12.6 Å². The van der Waals surface area contributed by atoms with Gasteiger partial charge in [0.1, 0.15) is 5.82 Å². The van der Waals surface area contributed by atoms with Crippen molar-refractivity contribution < 1.29 is 9.18 Å². The fraction of sp³-hybridized carbons (Fsp3) is 0.269. The largest absolute Gasteiger partial charge is 0.355 e. The van der Waals surface area contributed by atoms with Crippen molar-refractivity contribution in [1.82, 2.24) is 10.2 Å². The number of benzene rings is 3. The van der Waals surface area contributed by atoms with E-state index in [-0.39, 0.29) is 24.3 Å². The minimum Gasteiger partial charge on any atom is -0.355 e. The van der Waals surface area contributed by atoms with Gasteiger partial charge in [-0.25, -0.2) is 4.39 Å². The average molecular weight is 403 g/mol. The zero-order valence-electron chi connectivity index (χ0n) is 17.2. The lowest BCUT2D eigenvalue weighted by molar-refractivity contribution is -0.122. The third-order valence-electron chi connectivity index (χ3n) is 5.86. The molecule has 3 aromatic carbocycles. The van der Waals surface area contributed by atoms with Crippen molar-refractivity contribution in [2.75, 3.05) is 20.1 Å². The molecule has 30 heavy (non-hydrogen) atoms. The van der Waals surface area contributed by atoms with Crippen LogP contribution in [-0.4, -0.2) is 30.9 Å². The Morgan fingerprint density at radius 3 is 2.13 bits per heavy atom. The Labute approximate surface area is 177 Å². The molecule has 0 saturated heterocycles. The van der Waals surface area contributed by atoms with Crippen molar-refractivity contribution in [3.8, 4) is 0 Å². The normalized spacial score (nSPS) is 14.5. The van der Waals surface area contributed by atoms with Crippen LogP contribution in [0.2, 0.25) is 0 Å². The molecule has 0 saturated carbocycles. The van der Waals surface area contributed by atoms with E-state index in [0.29, 0.717) is 12.5 Å². The maximum Gasteiger partial charge on any atom is 0.234 e. The van der Waals surface area contributed by atoms with Crippen LogP contribution in [-0.2, 0) is 17.6 Å². The first-order valence-corrected chi connectivity index (χ1v) is 10.4. The van der Waals surface area contributed by atoms with Gasteiger partial charge < -0.3 is 5.32 Å². The molecule has 1 aliphatic rings. The Balaban J connectivity index is 1.39. The predicted octanol–water partition coefficient (Wildman–Crippen LogP) is 4.38. The van der Waals surface area contributed by atoms with Crippen LogP contribution in [0.15, 0.2) is 78.9 Å². The lowest BCUT2D eigenvalue weighted by Crippen LogP contribution is -2.39. The molecule has 3 nitrogen and oxygen atoms in total. The molecule has 1 amide bonds. The highest BCUT2D eigenvalue weighted by Gasteiger charge is 2.24. The number of halogens is 1. The highest BCUT2D eigenvalue weighted by molar-refractivity contribution is 5.78. The smallest absolute Gasteiger partial charge is 0.234 e. The van der Waals surface area contributed by atoms with Crippen LogP contribution in [0.5, 0.6) is 0 Å². The van der Waals surface area contributed by atoms with Gasteiger partial charge in [0.2, 0.25) is 5.91 Å². The molecule has 1 unspecified atom stereocenters. The summed E-state index contributed by atoms with van der Waals surface area (Å²) in [7, 11) is 1.94. The molecule has 0 radical (unpaired) electrons. The molecule has 1 N–H and O–H groups in total. The molecule has 1 aliphatic carbocycles. The Bertz CT molecular complexity index is 962. The first kappa shape index (κ1) is 20.3. The summed E-state index contributed by atoms with van der Waals surface area (Å²) in [6.45, 7) is 0.963. The topological polar surface area (TPSA) is 32.3 Å². The maximum atomic E-state index is 13.4. The van der Waals surface area contributed by atoms with E-state index in [0.717, 1.165) is 24.0 Å². The zero-order valence-corrected chi connectivity index (χ0v) is 17.2. The van der Waals surface area contributed by atoms with Crippen LogP contribution in [0.25, 0.3) is 0 Å². The maximum absolute atomic E-state index is 13.4. The van der Waals surface area contributed by atoms with E-state index in [2.05, 4.69) is 29.6 Å². The number of nitrogens with one attached hydrogen (secondary N) is 1. The molecule has 4 rings (SSSR count). The van der Waals surface area contributed by atoms with Gasteiger partial charge in [-0.05, 0) is 60.2 Å². The lowest BCUT2D eigenvalue weighted by Gasteiger charge is -2.28. The van der Waals surface area contributed by atoms with Crippen LogP contribution in [0, 0.1) is 11.7 Å². The van der Waals surface area contributed by atoms with Crippen molar-refractivity contribution in [2.24, 2.45) is 5.92 Å². The standard InChI is InChI=1S/C26H27FN2O/c1-29(18-25(30)28-17-19-15-22-9-5-6-10-23(22)16-19)26(20-7-3-2-4-8-20)21-11-13-24(27)14-12-21/h2-14,19,26H,15-18H2,1H3,(H,28,30). The van der Waals surface area contributed by atoms with Crippen molar-refractivity contribution in [2.45, 2.75) is 18.9 Å². The van der Waals surface area contributed by atoms with Gasteiger partial charge in [-0.2, -0.15) is 0 Å². The Morgan fingerprint density at radius 1 is 0.933 bits per heavy atom. The van der Waals surface area contributed by atoms with Crippen molar-refractivity contribution in [3.63, 3.8) is 0 Å². The number of carbonyl (C=O) groups excluding carboxylic acids is 1. The monoisotopic (exact) mass is 402 g/mol. The molecule has 3 aromatic rings. The Kier molecular flexibility index (Phi) is 6.24.